The predicted molar refractivity (Wildman–Crippen MR) is 84.1 cm³/mol. The van der Waals surface area contributed by atoms with E-state index >= 15 is 0 Å². The summed E-state index contributed by atoms with van der Waals surface area (Å²) >= 11 is 6.32. The van der Waals surface area contributed by atoms with Crippen LogP contribution in [0.2, 0.25) is 5.02 Å². The minimum Gasteiger partial charge on any atom is -0.373 e. The minimum absolute atomic E-state index is 0.0138. The van der Waals surface area contributed by atoms with Gasteiger partial charge in [-0.1, -0.05) is 25.4 Å². The topological polar surface area (TPSA) is 68.3 Å². The van der Waals surface area contributed by atoms with Gasteiger partial charge in [-0.2, -0.15) is 5.10 Å². The molecule has 2 atom stereocenters. The Balaban J connectivity index is 2.17. The van der Waals surface area contributed by atoms with E-state index in [0.717, 1.165) is 51.3 Å². The Hall–Kier alpha value is -0.660. The SMILES string of the molecule is CCCN1CCOC(C(NN)c2c(Cl)cnn2CCC)C1. The summed E-state index contributed by atoms with van der Waals surface area (Å²) < 4.78 is 7.86. The van der Waals surface area contributed by atoms with Crippen molar-refractivity contribution in [3.05, 3.63) is 16.9 Å². The molecule has 1 aromatic heterocycles. The Labute approximate surface area is 131 Å². The van der Waals surface area contributed by atoms with Crippen molar-refractivity contribution in [2.45, 2.75) is 45.4 Å². The molecule has 7 heteroatoms. The zero-order valence-electron chi connectivity index (χ0n) is 12.9. The van der Waals surface area contributed by atoms with Crippen LogP contribution < -0.4 is 11.3 Å². The first-order chi connectivity index (χ1) is 10.2. The normalized spacial score (nSPS) is 21.6. The molecule has 0 amide bonds. The van der Waals surface area contributed by atoms with Crippen LogP contribution in [0.4, 0.5) is 0 Å². The van der Waals surface area contributed by atoms with Crippen LogP contribution in [0.5, 0.6) is 0 Å². The van der Waals surface area contributed by atoms with Crippen molar-refractivity contribution in [2.75, 3.05) is 26.2 Å². The zero-order valence-corrected chi connectivity index (χ0v) is 13.6. The van der Waals surface area contributed by atoms with E-state index in [1.54, 1.807) is 6.20 Å². The number of nitrogens with zero attached hydrogens (tertiary/aromatic N) is 3. The van der Waals surface area contributed by atoms with Gasteiger partial charge in [-0.25, -0.2) is 5.43 Å². The highest BCUT2D eigenvalue weighted by molar-refractivity contribution is 6.31. The maximum absolute atomic E-state index is 6.32. The molecule has 120 valence electrons. The molecule has 6 nitrogen and oxygen atoms in total. The van der Waals surface area contributed by atoms with Gasteiger partial charge in [-0.15, -0.1) is 0 Å². The fourth-order valence-electron chi connectivity index (χ4n) is 2.89. The van der Waals surface area contributed by atoms with Crippen LogP contribution in [-0.4, -0.2) is 47.0 Å². The summed E-state index contributed by atoms with van der Waals surface area (Å²) in [6.45, 7) is 8.77. The van der Waals surface area contributed by atoms with Crippen molar-refractivity contribution in [1.82, 2.24) is 20.1 Å². The summed E-state index contributed by atoms with van der Waals surface area (Å²) in [5, 5.41) is 4.99. The van der Waals surface area contributed by atoms with Gasteiger partial charge >= 0.3 is 0 Å². The number of aromatic nitrogens is 2. The number of morpholine rings is 1. The van der Waals surface area contributed by atoms with E-state index in [2.05, 4.69) is 29.3 Å². The van der Waals surface area contributed by atoms with Gasteiger partial charge in [0, 0.05) is 19.6 Å². The number of hydrogen-bond acceptors (Lipinski definition) is 5. The molecule has 1 saturated heterocycles. The Morgan fingerprint density at radius 3 is 2.90 bits per heavy atom. The highest BCUT2D eigenvalue weighted by Gasteiger charge is 2.32. The van der Waals surface area contributed by atoms with Crippen molar-refractivity contribution in [1.29, 1.82) is 0 Å². The van der Waals surface area contributed by atoms with Gasteiger partial charge in [0.15, 0.2) is 0 Å². The molecule has 3 N–H and O–H groups in total. The predicted octanol–water partition coefficient (Wildman–Crippen LogP) is 1.56. The molecule has 2 heterocycles. The van der Waals surface area contributed by atoms with E-state index in [4.69, 9.17) is 22.2 Å². The summed E-state index contributed by atoms with van der Waals surface area (Å²) in [4.78, 5) is 2.41. The van der Waals surface area contributed by atoms with E-state index in [0.29, 0.717) is 5.02 Å². The molecule has 0 spiro atoms. The average molecular weight is 316 g/mol. The Bertz CT molecular complexity index is 437. The standard InChI is InChI=1S/C14H26ClN5O/c1-3-5-19-7-8-21-12(10-19)13(18-16)14-11(15)9-17-20(14)6-4-2/h9,12-13,18H,3-8,10,16H2,1-2H3. The second-order valence-corrected chi connectivity index (χ2v) is 5.86. The lowest BCUT2D eigenvalue weighted by Crippen LogP contribution is -2.50. The highest BCUT2D eigenvalue weighted by Crippen LogP contribution is 2.28. The van der Waals surface area contributed by atoms with Gasteiger partial charge in [-0.05, 0) is 19.4 Å². The first-order valence-corrected chi connectivity index (χ1v) is 8.10. The molecular formula is C14H26ClN5O. The second-order valence-electron chi connectivity index (χ2n) is 5.46. The maximum Gasteiger partial charge on any atom is 0.0925 e. The molecule has 0 aliphatic carbocycles. The van der Waals surface area contributed by atoms with Crippen LogP contribution in [0.1, 0.15) is 38.4 Å². The smallest absolute Gasteiger partial charge is 0.0925 e. The lowest BCUT2D eigenvalue weighted by Gasteiger charge is -2.36. The van der Waals surface area contributed by atoms with Crippen LogP contribution in [0, 0.1) is 0 Å². The van der Waals surface area contributed by atoms with Crippen molar-refractivity contribution in [3.8, 4) is 0 Å². The van der Waals surface area contributed by atoms with Crippen molar-refractivity contribution in [2.24, 2.45) is 5.84 Å². The molecule has 1 aliphatic heterocycles. The van der Waals surface area contributed by atoms with Crippen LogP contribution in [0.25, 0.3) is 0 Å². The van der Waals surface area contributed by atoms with Gasteiger partial charge in [0.05, 0.1) is 35.7 Å². The third-order valence-corrected chi connectivity index (χ3v) is 4.12. The fraction of sp³-hybridized carbons (Fsp3) is 0.786. The molecule has 0 saturated carbocycles. The van der Waals surface area contributed by atoms with Crippen molar-refractivity contribution >= 4 is 11.6 Å². The largest absolute Gasteiger partial charge is 0.373 e. The third-order valence-electron chi connectivity index (χ3n) is 3.83. The van der Waals surface area contributed by atoms with Crippen LogP contribution >= 0.6 is 11.6 Å². The number of aryl methyl sites for hydroxylation is 1. The van der Waals surface area contributed by atoms with E-state index < -0.39 is 0 Å². The summed E-state index contributed by atoms with van der Waals surface area (Å²) in [5.74, 6) is 5.80. The Morgan fingerprint density at radius 1 is 1.48 bits per heavy atom. The number of nitrogens with one attached hydrogen (secondary N) is 1. The number of rotatable bonds is 7. The molecule has 1 fully saturated rings. The summed E-state index contributed by atoms with van der Waals surface area (Å²) in [6, 6.07) is -0.147. The van der Waals surface area contributed by atoms with Gasteiger partial charge in [-0.3, -0.25) is 15.4 Å². The van der Waals surface area contributed by atoms with Gasteiger partial charge in [0.2, 0.25) is 0 Å². The molecule has 0 aromatic carbocycles. The quantitative estimate of drug-likeness (QED) is 0.590. The first-order valence-electron chi connectivity index (χ1n) is 7.72. The molecule has 0 radical (unpaired) electrons. The van der Waals surface area contributed by atoms with Crippen LogP contribution in [0.15, 0.2) is 6.20 Å². The van der Waals surface area contributed by atoms with Crippen LogP contribution in [0.3, 0.4) is 0 Å². The van der Waals surface area contributed by atoms with E-state index in [9.17, 15) is 0 Å². The second kappa shape index (κ2) is 8.10. The average Bonchev–Trinajstić information content (AvgIpc) is 2.83. The molecule has 1 aromatic rings. The summed E-state index contributed by atoms with van der Waals surface area (Å²) in [5.41, 5.74) is 3.80. The zero-order chi connectivity index (χ0) is 15.2. The van der Waals surface area contributed by atoms with E-state index in [1.165, 1.54) is 0 Å². The lowest BCUT2D eigenvalue weighted by atomic mass is 10.1. The Morgan fingerprint density at radius 2 is 2.24 bits per heavy atom. The molecule has 2 rings (SSSR count). The maximum atomic E-state index is 6.32. The lowest BCUT2D eigenvalue weighted by molar-refractivity contribution is -0.0484. The number of hydrogen-bond donors (Lipinski definition) is 2. The van der Waals surface area contributed by atoms with Gasteiger partial charge in [0.1, 0.15) is 0 Å². The van der Waals surface area contributed by atoms with Crippen molar-refractivity contribution < 1.29 is 4.74 Å². The molecule has 21 heavy (non-hydrogen) atoms. The molecule has 0 bridgehead atoms. The highest BCUT2D eigenvalue weighted by atomic mass is 35.5. The third kappa shape index (κ3) is 3.96. The Kier molecular flexibility index (Phi) is 6.44. The number of nitrogens with two attached hydrogens (primary N) is 1. The van der Waals surface area contributed by atoms with Crippen LogP contribution in [-0.2, 0) is 11.3 Å². The molecule has 1 aliphatic rings. The fourth-order valence-corrected chi connectivity index (χ4v) is 3.14. The first kappa shape index (κ1) is 16.7. The van der Waals surface area contributed by atoms with E-state index in [-0.39, 0.29) is 12.1 Å². The number of ether oxygens (including phenoxy) is 1. The minimum atomic E-state index is -0.147. The van der Waals surface area contributed by atoms with E-state index in [1.807, 2.05) is 4.68 Å². The molecule has 2 unspecified atom stereocenters. The van der Waals surface area contributed by atoms with Gasteiger partial charge in [0.25, 0.3) is 0 Å². The van der Waals surface area contributed by atoms with Gasteiger partial charge < -0.3 is 4.74 Å². The monoisotopic (exact) mass is 315 g/mol. The summed E-state index contributed by atoms with van der Waals surface area (Å²) in [7, 11) is 0. The number of hydrazine groups is 1. The van der Waals surface area contributed by atoms with Crippen molar-refractivity contribution in [3.63, 3.8) is 0 Å². The summed E-state index contributed by atoms with van der Waals surface area (Å²) in [6.07, 6.45) is 3.81. The molecular weight excluding hydrogens is 290 g/mol. The number of halogens is 1.